The van der Waals surface area contributed by atoms with Crippen molar-refractivity contribution in [3.63, 3.8) is 0 Å². The Labute approximate surface area is 83.9 Å². The molecule has 0 atom stereocenters. The molecule has 0 bridgehead atoms. The van der Waals surface area contributed by atoms with Crippen molar-refractivity contribution in [1.29, 1.82) is 0 Å². The fourth-order valence-corrected chi connectivity index (χ4v) is 1.74. The molecule has 0 radical (unpaired) electrons. The first-order valence-corrected chi connectivity index (χ1v) is 4.69. The monoisotopic (exact) mass is 280 g/mol. The van der Waals surface area contributed by atoms with Gasteiger partial charge in [-0.2, -0.15) is 0 Å². The van der Waals surface area contributed by atoms with Crippen molar-refractivity contribution < 1.29 is 4.79 Å². The van der Waals surface area contributed by atoms with E-state index < -0.39 is 0 Å². The van der Waals surface area contributed by atoms with Crippen LogP contribution in [0.25, 0.3) is 0 Å². The molecule has 1 aromatic rings. The van der Waals surface area contributed by atoms with Crippen LogP contribution in [0.2, 0.25) is 0 Å². The molecular formula is C8H6ClIO. The van der Waals surface area contributed by atoms with Gasteiger partial charge >= 0.3 is 0 Å². The minimum absolute atomic E-state index is 0.394. The Morgan fingerprint density at radius 1 is 1.55 bits per heavy atom. The Bertz CT molecular complexity index is 273. The molecule has 0 aromatic heterocycles. The molecule has 0 spiro atoms. The fraction of sp³-hybridized carbons (Fsp3) is 0.125. The van der Waals surface area contributed by atoms with Crippen LogP contribution in [0.15, 0.2) is 18.2 Å². The molecule has 0 aliphatic rings. The van der Waals surface area contributed by atoms with Crippen LogP contribution in [-0.4, -0.2) is 6.29 Å². The number of alkyl halides is 1. The van der Waals surface area contributed by atoms with Crippen LogP contribution < -0.4 is 0 Å². The molecule has 3 heteroatoms. The lowest BCUT2D eigenvalue weighted by molar-refractivity contribution is 0.112. The van der Waals surface area contributed by atoms with Gasteiger partial charge in [-0.25, -0.2) is 0 Å². The molecule has 0 aliphatic heterocycles. The van der Waals surface area contributed by atoms with E-state index in [1.54, 1.807) is 0 Å². The first kappa shape index (κ1) is 9.00. The SMILES string of the molecule is O=Cc1c(I)cccc1CCl. The van der Waals surface area contributed by atoms with Gasteiger partial charge in [-0.3, -0.25) is 4.79 Å². The minimum Gasteiger partial charge on any atom is -0.298 e. The molecular weight excluding hydrogens is 274 g/mol. The van der Waals surface area contributed by atoms with Crippen LogP contribution in [0, 0.1) is 3.57 Å². The molecule has 0 saturated heterocycles. The topological polar surface area (TPSA) is 17.1 Å². The highest BCUT2D eigenvalue weighted by atomic mass is 127. The van der Waals surface area contributed by atoms with Crippen LogP contribution in [0.1, 0.15) is 15.9 Å². The molecule has 11 heavy (non-hydrogen) atoms. The molecule has 0 aliphatic carbocycles. The summed E-state index contributed by atoms with van der Waals surface area (Å²) in [7, 11) is 0. The van der Waals surface area contributed by atoms with E-state index in [-0.39, 0.29) is 0 Å². The highest BCUT2D eigenvalue weighted by Crippen LogP contribution is 2.16. The van der Waals surface area contributed by atoms with E-state index in [1.165, 1.54) is 0 Å². The van der Waals surface area contributed by atoms with Crippen LogP contribution in [-0.2, 0) is 5.88 Å². The second-order valence-electron chi connectivity index (χ2n) is 2.06. The van der Waals surface area contributed by atoms with E-state index >= 15 is 0 Å². The van der Waals surface area contributed by atoms with E-state index in [1.807, 2.05) is 18.2 Å². The summed E-state index contributed by atoms with van der Waals surface area (Å²) < 4.78 is 0.954. The molecule has 1 rings (SSSR count). The number of benzene rings is 1. The van der Waals surface area contributed by atoms with E-state index in [4.69, 9.17) is 11.6 Å². The van der Waals surface area contributed by atoms with Gasteiger partial charge in [-0.15, -0.1) is 11.6 Å². The van der Waals surface area contributed by atoms with Crippen molar-refractivity contribution in [3.8, 4) is 0 Å². The third-order valence-electron chi connectivity index (χ3n) is 1.41. The number of rotatable bonds is 2. The lowest BCUT2D eigenvalue weighted by atomic mass is 10.1. The second kappa shape index (κ2) is 4.07. The summed E-state index contributed by atoms with van der Waals surface area (Å²) >= 11 is 7.74. The van der Waals surface area contributed by atoms with Crippen molar-refractivity contribution >= 4 is 40.5 Å². The number of hydrogen-bond donors (Lipinski definition) is 0. The van der Waals surface area contributed by atoms with Crippen molar-refractivity contribution in [2.75, 3.05) is 0 Å². The predicted octanol–water partition coefficient (Wildman–Crippen LogP) is 2.84. The highest BCUT2D eigenvalue weighted by molar-refractivity contribution is 14.1. The van der Waals surface area contributed by atoms with Crippen molar-refractivity contribution in [3.05, 3.63) is 32.9 Å². The summed E-state index contributed by atoms with van der Waals surface area (Å²) in [6.07, 6.45) is 0.847. The number of hydrogen-bond acceptors (Lipinski definition) is 1. The number of halogens is 2. The fourth-order valence-electron chi connectivity index (χ4n) is 0.830. The lowest BCUT2D eigenvalue weighted by Crippen LogP contribution is -1.92. The zero-order chi connectivity index (χ0) is 8.27. The van der Waals surface area contributed by atoms with Gasteiger partial charge in [-0.1, -0.05) is 12.1 Å². The van der Waals surface area contributed by atoms with Gasteiger partial charge in [0, 0.05) is 15.0 Å². The van der Waals surface area contributed by atoms with Gasteiger partial charge in [0.05, 0.1) is 0 Å². The average molecular weight is 280 g/mol. The Kier molecular flexibility index (Phi) is 3.33. The largest absolute Gasteiger partial charge is 0.298 e. The Hall–Kier alpha value is -0.0900. The van der Waals surface area contributed by atoms with Crippen molar-refractivity contribution in [1.82, 2.24) is 0 Å². The summed E-state index contributed by atoms with van der Waals surface area (Å²) in [5, 5.41) is 0. The third kappa shape index (κ3) is 1.93. The molecule has 0 amide bonds. The second-order valence-corrected chi connectivity index (χ2v) is 3.49. The van der Waals surface area contributed by atoms with Gasteiger partial charge in [-0.05, 0) is 34.2 Å². The molecule has 0 saturated carbocycles. The van der Waals surface area contributed by atoms with E-state index in [0.29, 0.717) is 11.4 Å². The first-order chi connectivity index (χ1) is 5.29. The number of carbonyl (C=O) groups excluding carboxylic acids is 1. The zero-order valence-corrected chi connectivity index (χ0v) is 8.59. The van der Waals surface area contributed by atoms with E-state index in [0.717, 1.165) is 15.4 Å². The Morgan fingerprint density at radius 3 is 2.73 bits per heavy atom. The summed E-state index contributed by atoms with van der Waals surface area (Å²) in [6.45, 7) is 0. The quantitative estimate of drug-likeness (QED) is 0.462. The average Bonchev–Trinajstić information content (AvgIpc) is 2.04. The molecule has 1 nitrogen and oxygen atoms in total. The maximum atomic E-state index is 10.5. The normalized spacial score (nSPS) is 9.64. The molecule has 0 N–H and O–H groups in total. The smallest absolute Gasteiger partial charge is 0.151 e. The van der Waals surface area contributed by atoms with Gasteiger partial charge < -0.3 is 0 Å². The van der Waals surface area contributed by atoms with Gasteiger partial charge in [0.25, 0.3) is 0 Å². The Balaban J connectivity index is 3.24. The van der Waals surface area contributed by atoms with Crippen molar-refractivity contribution in [2.45, 2.75) is 5.88 Å². The summed E-state index contributed by atoms with van der Waals surface area (Å²) in [5.74, 6) is 0.394. The lowest BCUT2D eigenvalue weighted by Gasteiger charge is -2.00. The summed E-state index contributed by atoms with van der Waals surface area (Å²) in [4.78, 5) is 10.5. The van der Waals surface area contributed by atoms with Gasteiger partial charge in [0.15, 0.2) is 6.29 Å². The molecule has 1 aromatic carbocycles. The van der Waals surface area contributed by atoms with Crippen LogP contribution in [0.5, 0.6) is 0 Å². The third-order valence-corrected chi connectivity index (χ3v) is 2.63. The van der Waals surface area contributed by atoms with Crippen molar-refractivity contribution in [2.24, 2.45) is 0 Å². The molecule has 0 heterocycles. The maximum Gasteiger partial charge on any atom is 0.151 e. The predicted molar refractivity (Wildman–Crippen MR) is 54.1 cm³/mol. The zero-order valence-electron chi connectivity index (χ0n) is 5.68. The highest BCUT2D eigenvalue weighted by Gasteiger charge is 2.02. The van der Waals surface area contributed by atoms with Crippen LogP contribution >= 0.6 is 34.2 Å². The Morgan fingerprint density at radius 2 is 2.27 bits per heavy atom. The van der Waals surface area contributed by atoms with E-state index in [2.05, 4.69) is 22.6 Å². The maximum absolute atomic E-state index is 10.5. The van der Waals surface area contributed by atoms with Gasteiger partial charge in [0.1, 0.15) is 0 Å². The first-order valence-electron chi connectivity index (χ1n) is 3.08. The van der Waals surface area contributed by atoms with Crippen LogP contribution in [0.4, 0.5) is 0 Å². The molecule has 0 fully saturated rings. The summed E-state index contributed by atoms with van der Waals surface area (Å²) in [5.41, 5.74) is 1.61. The number of aldehydes is 1. The molecule has 0 unspecified atom stereocenters. The number of carbonyl (C=O) groups is 1. The van der Waals surface area contributed by atoms with Crippen LogP contribution in [0.3, 0.4) is 0 Å². The molecule has 58 valence electrons. The summed E-state index contributed by atoms with van der Waals surface area (Å²) in [6, 6.07) is 5.64. The van der Waals surface area contributed by atoms with Gasteiger partial charge in [0.2, 0.25) is 0 Å². The van der Waals surface area contributed by atoms with E-state index in [9.17, 15) is 4.79 Å². The standard InChI is InChI=1S/C8H6ClIO/c9-4-6-2-1-3-8(10)7(6)5-11/h1-3,5H,4H2. The minimum atomic E-state index is 0.394.